The average molecular weight is 332 g/mol. The van der Waals surface area contributed by atoms with E-state index in [0.29, 0.717) is 12.8 Å². The molecular formula is C18H29NaO4. The second-order valence-corrected chi connectivity index (χ2v) is 6.12. The van der Waals surface area contributed by atoms with Crippen molar-refractivity contribution in [3.05, 3.63) is 12.2 Å². The minimum Gasteiger partial charge on any atom is -0.550 e. The number of aliphatic carboxylic acids is 1. The number of hydrogen-bond acceptors (Lipinski definition) is 4. The van der Waals surface area contributed by atoms with Gasteiger partial charge >= 0.3 is 35.5 Å². The van der Waals surface area contributed by atoms with Gasteiger partial charge in [0, 0.05) is 11.9 Å². The number of esters is 1. The van der Waals surface area contributed by atoms with Gasteiger partial charge in [0.1, 0.15) is 6.61 Å². The van der Waals surface area contributed by atoms with Crippen LogP contribution in [0.3, 0.4) is 0 Å². The Bertz CT molecular complexity index is 368. The van der Waals surface area contributed by atoms with E-state index < -0.39 is 17.8 Å². The van der Waals surface area contributed by atoms with Gasteiger partial charge in [0.15, 0.2) is 0 Å². The van der Waals surface area contributed by atoms with E-state index in [4.69, 9.17) is 4.74 Å². The van der Waals surface area contributed by atoms with E-state index in [1.807, 2.05) is 12.2 Å². The molecule has 0 aromatic rings. The van der Waals surface area contributed by atoms with Crippen LogP contribution in [0.25, 0.3) is 0 Å². The van der Waals surface area contributed by atoms with Gasteiger partial charge in [-0.05, 0) is 25.7 Å². The van der Waals surface area contributed by atoms with Gasteiger partial charge in [-0.2, -0.15) is 0 Å². The number of unbranched alkanes of at least 4 members (excludes halogenated alkanes) is 5. The molecule has 0 heterocycles. The number of carbonyl (C=O) groups excluding carboxylic acids is 2. The van der Waals surface area contributed by atoms with Crippen LogP contribution in [0.4, 0.5) is 0 Å². The Morgan fingerprint density at radius 3 is 2.35 bits per heavy atom. The molecule has 1 aliphatic carbocycles. The van der Waals surface area contributed by atoms with E-state index in [1.165, 1.54) is 32.1 Å². The van der Waals surface area contributed by atoms with E-state index in [9.17, 15) is 14.7 Å². The second-order valence-electron chi connectivity index (χ2n) is 6.12. The third-order valence-electron chi connectivity index (χ3n) is 4.33. The van der Waals surface area contributed by atoms with Gasteiger partial charge in [-0.25, -0.2) is 0 Å². The molecule has 0 aliphatic heterocycles. The topological polar surface area (TPSA) is 66.4 Å². The summed E-state index contributed by atoms with van der Waals surface area (Å²) in [6.45, 7) is 2.44. The summed E-state index contributed by atoms with van der Waals surface area (Å²) in [5.74, 6) is -2.71. The third kappa shape index (κ3) is 9.53. The average Bonchev–Trinajstić information content (AvgIpc) is 2.53. The van der Waals surface area contributed by atoms with Crippen LogP contribution in [0.5, 0.6) is 0 Å². The molecule has 1 rings (SSSR count). The monoisotopic (exact) mass is 332 g/mol. The normalized spacial score (nSPS) is 20.9. The van der Waals surface area contributed by atoms with Gasteiger partial charge in [-0.15, -0.1) is 0 Å². The first-order chi connectivity index (χ1) is 10.7. The predicted molar refractivity (Wildman–Crippen MR) is 83.9 cm³/mol. The van der Waals surface area contributed by atoms with Crippen LogP contribution < -0.4 is 34.7 Å². The van der Waals surface area contributed by atoms with Crippen molar-refractivity contribution in [1.82, 2.24) is 0 Å². The summed E-state index contributed by atoms with van der Waals surface area (Å²) in [7, 11) is 0. The van der Waals surface area contributed by atoms with Gasteiger partial charge in [-0.1, -0.05) is 57.6 Å². The van der Waals surface area contributed by atoms with Gasteiger partial charge in [0.25, 0.3) is 0 Å². The zero-order valence-corrected chi connectivity index (χ0v) is 16.7. The molecule has 1 fully saturated rings. The Morgan fingerprint density at radius 2 is 1.70 bits per heavy atom. The SMILES string of the molecule is CCCCCCC/C=C/COC(=O)C1CCCCC1C(=O)[O-].[Na+]. The molecule has 5 heteroatoms. The summed E-state index contributed by atoms with van der Waals surface area (Å²) >= 11 is 0. The number of carbonyl (C=O) groups is 2. The number of carboxylic acids is 1. The standard InChI is InChI=1S/C18H30O4.Na/c1-2-3-4-5-6-7-8-11-14-22-18(21)16-13-10-9-12-15(16)17(19)20;/h8,11,15-16H,2-7,9-10,12-14H2,1H3,(H,19,20);/q;+1/p-1/b11-8+;. The molecule has 0 aromatic carbocycles. The first kappa shape index (κ1) is 22.7. The van der Waals surface area contributed by atoms with Crippen molar-refractivity contribution in [2.75, 3.05) is 6.61 Å². The van der Waals surface area contributed by atoms with Gasteiger partial charge < -0.3 is 14.6 Å². The summed E-state index contributed by atoms with van der Waals surface area (Å²) < 4.78 is 5.19. The van der Waals surface area contributed by atoms with E-state index in [1.54, 1.807) is 0 Å². The fraction of sp³-hybridized carbons (Fsp3) is 0.778. The number of allylic oxidation sites excluding steroid dienone is 1. The fourth-order valence-corrected chi connectivity index (χ4v) is 2.98. The number of carboxylic acid groups (broad SMARTS) is 1. The Morgan fingerprint density at radius 1 is 1.04 bits per heavy atom. The Labute approximate surface area is 162 Å². The van der Waals surface area contributed by atoms with Crippen molar-refractivity contribution >= 4 is 11.9 Å². The van der Waals surface area contributed by atoms with Crippen LogP contribution in [-0.2, 0) is 14.3 Å². The summed E-state index contributed by atoms with van der Waals surface area (Å²) in [5.41, 5.74) is 0. The first-order valence-corrected chi connectivity index (χ1v) is 8.69. The largest absolute Gasteiger partial charge is 1.00 e. The van der Waals surface area contributed by atoms with Gasteiger partial charge in [0.2, 0.25) is 0 Å². The number of hydrogen-bond donors (Lipinski definition) is 0. The number of rotatable bonds is 10. The zero-order chi connectivity index (χ0) is 16.2. The van der Waals surface area contributed by atoms with Gasteiger partial charge in [-0.3, -0.25) is 4.79 Å². The van der Waals surface area contributed by atoms with Crippen molar-refractivity contribution in [2.45, 2.75) is 71.1 Å². The fourth-order valence-electron chi connectivity index (χ4n) is 2.98. The predicted octanol–water partition coefficient (Wildman–Crippen LogP) is 0.00660. The molecule has 0 amide bonds. The van der Waals surface area contributed by atoms with Crippen molar-refractivity contribution < 1.29 is 49.0 Å². The van der Waals surface area contributed by atoms with Crippen LogP contribution in [0.1, 0.15) is 71.1 Å². The minimum atomic E-state index is -1.12. The molecule has 1 saturated carbocycles. The maximum absolute atomic E-state index is 12.0. The second kappa shape index (κ2) is 14.1. The molecule has 1 aliphatic rings. The molecule has 0 radical (unpaired) electrons. The van der Waals surface area contributed by atoms with Crippen molar-refractivity contribution in [3.8, 4) is 0 Å². The summed E-state index contributed by atoms with van der Waals surface area (Å²) in [6, 6.07) is 0. The molecule has 126 valence electrons. The summed E-state index contributed by atoms with van der Waals surface area (Å²) in [6.07, 6.45) is 14.0. The van der Waals surface area contributed by atoms with Crippen molar-refractivity contribution in [1.29, 1.82) is 0 Å². The van der Waals surface area contributed by atoms with Crippen LogP contribution in [0, 0.1) is 11.8 Å². The summed E-state index contributed by atoms with van der Waals surface area (Å²) in [5, 5.41) is 11.1. The van der Waals surface area contributed by atoms with Crippen LogP contribution in [0.15, 0.2) is 12.2 Å². The van der Waals surface area contributed by atoms with E-state index in [-0.39, 0.29) is 42.1 Å². The molecule has 0 N–H and O–H groups in total. The molecule has 23 heavy (non-hydrogen) atoms. The number of ether oxygens (including phenoxy) is 1. The van der Waals surface area contributed by atoms with E-state index in [2.05, 4.69) is 6.92 Å². The Hall–Kier alpha value is -0.320. The molecule has 2 unspecified atom stereocenters. The minimum absolute atomic E-state index is 0. The molecule has 4 nitrogen and oxygen atoms in total. The quantitative estimate of drug-likeness (QED) is 0.245. The smallest absolute Gasteiger partial charge is 0.550 e. The molecule has 0 spiro atoms. The van der Waals surface area contributed by atoms with E-state index in [0.717, 1.165) is 19.3 Å². The first-order valence-electron chi connectivity index (χ1n) is 8.69. The molecule has 2 atom stereocenters. The third-order valence-corrected chi connectivity index (χ3v) is 4.33. The van der Waals surface area contributed by atoms with Crippen LogP contribution >= 0.6 is 0 Å². The Kier molecular flexibility index (Phi) is 13.9. The zero-order valence-electron chi connectivity index (χ0n) is 14.7. The molecule has 0 saturated heterocycles. The molecular weight excluding hydrogens is 303 g/mol. The maximum atomic E-state index is 12.0. The maximum Gasteiger partial charge on any atom is 1.00 e. The molecule has 0 bridgehead atoms. The molecule has 0 aromatic heterocycles. The van der Waals surface area contributed by atoms with Crippen molar-refractivity contribution in [3.63, 3.8) is 0 Å². The Balaban J connectivity index is 0.00000484. The van der Waals surface area contributed by atoms with Gasteiger partial charge in [0.05, 0.1) is 5.92 Å². The van der Waals surface area contributed by atoms with E-state index >= 15 is 0 Å². The van der Waals surface area contributed by atoms with Crippen molar-refractivity contribution in [2.24, 2.45) is 11.8 Å². The van der Waals surface area contributed by atoms with Crippen LogP contribution in [-0.4, -0.2) is 18.5 Å². The summed E-state index contributed by atoms with van der Waals surface area (Å²) in [4.78, 5) is 23.0. The van der Waals surface area contributed by atoms with Crippen LogP contribution in [0.2, 0.25) is 0 Å².